The second-order valence-electron chi connectivity index (χ2n) is 1.59. The Hall–Kier alpha value is -1.67. The van der Waals surface area contributed by atoms with Crippen LogP contribution in [-0.2, 0) is 0 Å². The zero-order valence-electron chi connectivity index (χ0n) is 5.95. The molecule has 0 N–H and O–H groups in total. The normalized spacial score (nSPS) is 6.83. The maximum atomic E-state index is 10.0. The molecule has 6 heteroatoms. The van der Waals surface area contributed by atoms with Gasteiger partial charge in [-0.2, -0.15) is 0 Å². The van der Waals surface area contributed by atoms with Crippen LogP contribution in [0.1, 0.15) is 0 Å². The highest BCUT2D eigenvalue weighted by Crippen LogP contribution is 2.06. The van der Waals surface area contributed by atoms with Crippen molar-refractivity contribution in [3.05, 3.63) is 40.4 Å². The van der Waals surface area contributed by atoms with Gasteiger partial charge in [0, 0.05) is 22.9 Å². The van der Waals surface area contributed by atoms with Crippen molar-refractivity contribution in [2.75, 3.05) is 0 Å². The second-order valence-corrected chi connectivity index (χ2v) is 1.59. The van der Waals surface area contributed by atoms with Crippen molar-refractivity contribution in [2.45, 2.75) is 0 Å². The van der Waals surface area contributed by atoms with E-state index in [1.54, 1.807) is 18.2 Å². The number of benzene rings is 1. The minimum absolute atomic E-state index is 0. The molecule has 0 aliphatic rings. The fourth-order valence-electron chi connectivity index (χ4n) is 0.550. The molecule has 0 fully saturated rings. The number of nitrogens with zero attached hydrogens (tertiary/aromatic N) is 3. The molecule has 12 heavy (non-hydrogen) atoms. The molecule has 0 bridgehead atoms. The Morgan fingerprint density at radius 3 is 1.83 bits per heavy atom. The summed E-state index contributed by atoms with van der Waals surface area (Å²) in [5, 5.41) is 22.0. The summed E-state index contributed by atoms with van der Waals surface area (Å²) in [6.07, 6.45) is 0. The van der Waals surface area contributed by atoms with Gasteiger partial charge >= 0.3 is 0 Å². The minimum Gasteiger partial charge on any atom is -0.258 e. The molecule has 1 aromatic rings. The highest BCUT2D eigenvalue weighted by atomic mass is 35.5. The molecule has 0 spiro atoms. The Morgan fingerprint density at radius 2 is 1.58 bits per heavy atom. The van der Waals surface area contributed by atoms with Crippen molar-refractivity contribution < 1.29 is 4.92 Å². The molecule has 0 unspecified atom stereocenters. The van der Waals surface area contributed by atoms with Gasteiger partial charge in [0.25, 0.3) is 5.69 Å². The van der Waals surface area contributed by atoms with Crippen molar-refractivity contribution in [3.8, 4) is 0 Å². The summed E-state index contributed by atoms with van der Waals surface area (Å²) in [5.74, 6) is 0. The Morgan fingerprint density at radius 1 is 1.17 bits per heavy atom. The lowest BCUT2D eigenvalue weighted by molar-refractivity contribution is -0.384. The third-order valence-corrected chi connectivity index (χ3v) is 0.967. The molecule has 0 aliphatic heterocycles. The Balaban J connectivity index is 0. The molecular formula is C6H6ClN3O2. The lowest BCUT2D eigenvalue weighted by Gasteiger charge is -1.85. The number of nitro groups is 1. The topological polar surface area (TPSA) is 90.7 Å². The number of rotatable bonds is 1. The average molecular weight is 188 g/mol. The van der Waals surface area contributed by atoms with Gasteiger partial charge in [0.15, 0.2) is 0 Å². The summed E-state index contributed by atoms with van der Waals surface area (Å²) >= 11 is 0. The van der Waals surface area contributed by atoms with Gasteiger partial charge in [0.1, 0.15) is 0 Å². The van der Waals surface area contributed by atoms with Gasteiger partial charge in [-0.1, -0.05) is 18.2 Å². The van der Waals surface area contributed by atoms with E-state index in [1.165, 1.54) is 12.1 Å². The van der Waals surface area contributed by atoms with E-state index in [-0.39, 0.29) is 18.1 Å². The lowest BCUT2D eigenvalue weighted by Crippen LogP contribution is -1.84. The number of para-hydroxylation sites is 1. The SMILES string of the molecule is Cl.N#N.O=[N+]([O-])c1ccccc1. The van der Waals surface area contributed by atoms with E-state index >= 15 is 0 Å². The Kier molecular flexibility index (Phi) is 8.03. The molecule has 5 nitrogen and oxygen atoms in total. The van der Waals surface area contributed by atoms with Gasteiger partial charge in [-0.15, -0.1) is 12.4 Å². The van der Waals surface area contributed by atoms with E-state index in [2.05, 4.69) is 0 Å². The molecule has 0 amide bonds. The van der Waals surface area contributed by atoms with E-state index in [1.807, 2.05) is 0 Å². The summed E-state index contributed by atoms with van der Waals surface area (Å²) in [6.45, 7) is 0. The summed E-state index contributed by atoms with van der Waals surface area (Å²) in [4.78, 5) is 9.59. The first kappa shape index (κ1) is 13.0. The predicted octanol–water partition coefficient (Wildman–Crippen LogP) is 2.05. The smallest absolute Gasteiger partial charge is 0.258 e. The summed E-state index contributed by atoms with van der Waals surface area (Å²) in [6, 6.07) is 7.93. The van der Waals surface area contributed by atoms with Crippen LogP contribution in [0.3, 0.4) is 0 Å². The number of nitro benzene ring substituents is 1. The first-order valence-corrected chi connectivity index (χ1v) is 2.70. The number of hydrogen-bond donors (Lipinski definition) is 0. The van der Waals surface area contributed by atoms with Crippen LogP contribution in [0.15, 0.2) is 30.3 Å². The largest absolute Gasteiger partial charge is 0.269 e. The molecule has 0 saturated heterocycles. The zero-order chi connectivity index (χ0) is 8.69. The van der Waals surface area contributed by atoms with Crippen molar-refractivity contribution in [2.24, 2.45) is 0 Å². The fourth-order valence-corrected chi connectivity index (χ4v) is 0.550. The highest BCUT2D eigenvalue weighted by Gasteiger charge is 1.98. The standard InChI is InChI=1S/C6H5NO2.ClH.N2/c8-7(9)6-4-2-1-3-5-6;;1-2/h1-5H;1H;. The lowest BCUT2D eigenvalue weighted by atomic mass is 10.3. The van der Waals surface area contributed by atoms with Gasteiger partial charge in [-0.05, 0) is 0 Å². The minimum atomic E-state index is -0.417. The van der Waals surface area contributed by atoms with Crippen LogP contribution >= 0.6 is 12.4 Å². The van der Waals surface area contributed by atoms with Crippen LogP contribution in [0.5, 0.6) is 0 Å². The first-order valence-electron chi connectivity index (χ1n) is 2.70. The van der Waals surface area contributed by atoms with Crippen molar-refractivity contribution in [1.29, 1.82) is 10.8 Å². The molecular weight excluding hydrogens is 182 g/mol. The zero-order valence-corrected chi connectivity index (χ0v) is 6.77. The average Bonchev–Trinajstić information content (AvgIpc) is 2.10. The van der Waals surface area contributed by atoms with Gasteiger partial charge in [0.2, 0.25) is 0 Å². The molecule has 0 heterocycles. The number of non-ortho nitro benzene ring substituents is 1. The summed E-state index contributed by atoms with van der Waals surface area (Å²) in [5.41, 5.74) is 0.137. The maximum Gasteiger partial charge on any atom is 0.269 e. The van der Waals surface area contributed by atoms with E-state index < -0.39 is 4.92 Å². The van der Waals surface area contributed by atoms with E-state index in [0.717, 1.165) is 0 Å². The van der Waals surface area contributed by atoms with Crippen LogP contribution in [0.4, 0.5) is 5.69 Å². The summed E-state index contributed by atoms with van der Waals surface area (Å²) in [7, 11) is 0. The van der Waals surface area contributed by atoms with Crippen LogP contribution < -0.4 is 0 Å². The number of halogens is 1. The molecule has 0 aromatic heterocycles. The monoisotopic (exact) mass is 187 g/mol. The van der Waals surface area contributed by atoms with Crippen molar-refractivity contribution in [3.63, 3.8) is 0 Å². The quantitative estimate of drug-likeness (QED) is 0.382. The van der Waals surface area contributed by atoms with E-state index in [9.17, 15) is 10.1 Å². The van der Waals surface area contributed by atoms with Gasteiger partial charge in [-0.3, -0.25) is 10.1 Å². The summed E-state index contributed by atoms with van der Waals surface area (Å²) < 4.78 is 0. The molecule has 0 aliphatic carbocycles. The highest BCUT2D eigenvalue weighted by molar-refractivity contribution is 5.85. The number of hydrogen-bond acceptors (Lipinski definition) is 4. The van der Waals surface area contributed by atoms with Crippen molar-refractivity contribution >= 4 is 18.1 Å². The van der Waals surface area contributed by atoms with Crippen LogP contribution in [0, 0.1) is 20.9 Å². The van der Waals surface area contributed by atoms with E-state index in [4.69, 9.17) is 10.8 Å². The van der Waals surface area contributed by atoms with E-state index in [0.29, 0.717) is 0 Å². The maximum absolute atomic E-state index is 10.0. The molecule has 0 atom stereocenters. The van der Waals surface area contributed by atoms with Crippen molar-refractivity contribution in [1.82, 2.24) is 0 Å². The van der Waals surface area contributed by atoms with Gasteiger partial charge in [0.05, 0.1) is 4.92 Å². The molecule has 1 rings (SSSR count). The predicted molar refractivity (Wildman–Crippen MR) is 43.8 cm³/mol. The van der Waals surface area contributed by atoms with Gasteiger partial charge in [-0.25, -0.2) is 0 Å². The molecule has 64 valence electrons. The van der Waals surface area contributed by atoms with Crippen LogP contribution in [-0.4, -0.2) is 4.92 Å². The van der Waals surface area contributed by atoms with Gasteiger partial charge < -0.3 is 0 Å². The Bertz CT molecular complexity index is 249. The Labute approximate surface area is 75.0 Å². The molecule has 0 radical (unpaired) electrons. The molecule has 1 aromatic carbocycles. The second kappa shape index (κ2) is 7.44. The first-order chi connectivity index (χ1) is 5.30. The molecule has 0 saturated carbocycles. The third-order valence-electron chi connectivity index (χ3n) is 0.967. The van der Waals surface area contributed by atoms with Crippen LogP contribution in [0.2, 0.25) is 0 Å². The van der Waals surface area contributed by atoms with Crippen LogP contribution in [0.25, 0.3) is 0 Å². The third kappa shape index (κ3) is 4.19. The fraction of sp³-hybridized carbons (Fsp3) is 0.